The average Bonchev–Trinajstić information content (AvgIpc) is 2.64. The van der Waals surface area contributed by atoms with Gasteiger partial charge in [0.05, 0.1) is 11.4 Å². The van der Waals surface area contributed by atoms with Gasteiger partial charge in [-0.1, -0.05) is 24.3 Å². The van der Waals surface area contributed by atoms with Crippen molar-refractivity contribution in [3.05, 3.63) is 59.9 Å². The fourth-order valence-electron chi connectivity index (χ4n) is 3.15. The summed E-state index contributed by atoms with van der Waals surface area (Å²) in [5.74, 6) is -0.315. The SMILES string of the molecule is CCNC(=O)Nc1ccccc1N1CCCN(Cc2cccc(F)c2)C1=O. The van der Waals surface area contributed by atoms with Crippen LogP contribution in [0, 0.1) is 5.82 Å². The lowest BCUT2D eigenvalue weighted by molar-refractivity contribution is 0.192. The highest BCUT2D eigenvalue weighted by molar-refractivity contribution is 6.00. The topological polar surface area (TPSA) is 64.7 Å². The quantitative estimate of drug-likeness (QED) is 0.841. The second-order valence-corrected chi connectivity index (χ2v) is 6.34. The molecular weight excluding hydrogens is 347 g/mol. The number of nitrogens with zero attached hydrogens (tertiary/aromatic N) is 2. The number of amides is 4. The van der Waals surface area contributed by atoms with Gasteiger partial charge in [0.15, 0.2) is 0 Å². The van der Waals surface area contributed by atoms with E-state index in [1.165, 1.54) is 12.1 Å². The summed E-state index contributed by atoms with van der Waals surface area (Å²) in [4.78, 5) is 28.3. The number of anilines is 2. The Labute approximate surface area is 158 Å². The molecule has 0 aromatic heterocycles. The van der Waals surface area contributed by atoms with Gasteiger partial charge < -0.3 is 15.5 Å². The van der Waals surface area contributed by atoms with E-state index in [1.54, 1.807) is 28.0 Å². The normalized spacial score (nSPS) is 14.2. The van der Waals surface area contributed by atoms with Crippen molar-refractivity contribution in [1.29, 1.82) is 0 Å². The van der Waals surface area contributed by atoms with Crippen LogP contribution in [0.3, 0.4) is 0 Å². The van der Waals surface area contributed by atoms with E-state index in [1.807, 2.05) is 25.1 Å². The molecular formula is C20H23FN4O2. The minimum Gasteiger partial charge on any atom is -0.338 e. The maximum atomic E-state index is 13.4. The molecule has 1 aliphatic rings. The molecule has 6 nitrogen and oxygen atoms in total. The average molecular weight is 370 g/mol. The lowest BCUT2D eigenvalue weighted by Gasteiger charge is -2.36. The summed E-state index contributed by atoms with van der Waals surface area (Å²) in [5, 5.41) is 5.47. The van der Waals surface area contributed by atoms with E-state index in [4.69, 9.17) is 0 Å². The molecule has 0 aliphatic carbocycles. The first-order valence-electron chi connectivity index (χ1n) is 9.03. The van der Waals surface area contributed by atoms with Crippen molar-refractivity contribution in [2.24, 2.45) is 0 Å². The number of carbonyl (C=O) groups excluding carboxylic acids is 2. The monoisotopic (exact) mass is 370 g/mol. The van der Waals surface area contributed by atoms with E-state index in [9.17, 15) is 14.0 Å². The van der Waals surface area contributed by atoms with Crippen LogP contribution in [0.5, 0.6) is 0 Å². The highest BCUT2D eigenvalue weighted by atomic mass is 19.1. The summed E-state index contributed by atoms with van der Waals surface area (Å²) in [6.07, 6.45) is 0.788. The first-order chi connectivity index (χ1) is 13.1. The van der Waals surface area contributed by atoms with Crippen LogP contribution in [0.1, 0.15) is 18.9 Å². The molecule has 27 heavy (non-hydrogen) atoms. The van der Waals surface area contributed by atoms with E-state index in [2.05, 4.69) is 10.6 Å². The largest absolute Gasteiger partial charge is 0.338 e. The molecule has 0 atom stereocenters. The number of urea groups is 2. The molecule has 142 valence electrons. The predicted molar refractivity (Wildman–Crippen MR) is 103 cm³/mol. The summed E-state index contributed by atoms with van der Waals surface area (Å²) in [5.41, 5.74) is 1.97. The summed E-state index contributed by atoms with van der Waals surface area (Å²) in [6.45, 7) is 3.87. The molecule has 2 N–H and O–H groups in total. The molecule has 0 saturated carbocycles. The third-order valence-corrected chi connectivity index (χ3v) is 4.35. The first-order valence-corrected chi connectivity index (χ1v) is 9.03. The second kappa shape index (κ2) is 8.53. The van der Waals surface area contributed by atoms with Crippen LogP contribution >= 0.6 is 0 Å². The Bertz CT molecular complexity index is 827. The number of hydrogen-bond donors (Lipinski definition) is 2. The van der Waals surface area contributed by atoms with Gasteiger partial charge >= 0.3 is 12.1 Å². The highest BCUT2D eigenvalue weighted by Gasteiger charge is 2.28. The summed E-state index contributed by atoms with van der Waals surface area (Å²) >= 11 is 0. The third kappa shape index (κ3) is 4.55. The van der Waals surface area contributed by atoms with E-state index in [0.29, 0.717) is 37.6 Å². The van der Waals surface area contributed by atoms with Crippen molar-refractivity contribution >= 4 is 23.4 Å². The van der Waals surface area contributed by atoms with Gasteiger partial charge in [0.1, 0.15) is 5.82 Å². The van der Waals surface area contributed by atoms with Crippen LogP contribution < -0.4 is 15.5 Å². The van der Waals surface area contributed by atoms with Crippen LogP contribution in [0.15, 0.2) is 48.5 Å². The van der Waals surface area contributed by atoms with Gasteiger partial charge in [-0.2, -0.15) is 0 Å². The molecule has 1 saturated heterocycles. The lowest BCUT2D eigenvalue weighted by Crippen LogP contribution is -2.49. The summed E-state index contributed by atoms with van der Waals surface area (Å²) < 4.78 is 13.4. The van der Waals surface area contributed by atoms with E-state index in [-0.39, 0.29) is 17.9 Å². The number of para-hydroxylation sites is 2. The van der Waals surface area contributed by atoms with E-state index in [0.717, 1.165) is 12.0 Å². The van der Waals surface area contributed by atoms with Gasteiger partial charge in [0.25, 0.3) is 0 Å². The van der Waals surface area contributed by atoms with Crippen LogP contribution in [0.2, 0.25) is 0 Å². The van der Waals surface area contributed by atoms with Crippen molar-refractivity contribution in [2.45, 2.75) is 19.9 Å². The standard InChI is InChI=1S/C20H23FN4O2/c1-2-22-19(26)23-17-9-3-4-10-18(17)25-12-6-11-24(20(25)27)14-15-7-5-8-16(21)13-15/h3-5,7-10,13H,2,6,11-12,14H2,1H3,(H2,22,23,26). The van der Waals surface area contributed by atoms with Gasteiger partial charge in [-0.25, -0.2) is 14.0 Å². The second-order valence-electron chi connectivity index (χ2n) is 6.34. The Kier molecular flexibility index (Phi) is 5.90. The smallest absolute Gasteiger partial charge is 0.324 e. The third-order valence-electron chi connectivity index (χ3n) is 4.35. The number of halogens is 1. The van der Waals surface area contributed by atoms with Gasteiger partial charge in [-0.05, 0) is 43.2 Å². The van der Waals surface area contributed by atoms with Gasteiger partial charge in [-0.3, -0.25) is 4.90 Å². The van der Waals surface area contributed by atoms with Crippen molar-refractivity contribution in [1.82, 2.24) is 10.2 Å². The Morgan fingerprint density at radius 3 is 2.74 bits per heavy atom. The van der Waals surface area contributed by atoms with E-state index >= 15 is 0 Å². The molecule has 1 fully saturated rings. The molecule has 4 amide bonds. The van der Waals surface area contributed by atoms with Crippen LogP contribution in [-0.2, 0) is 6.54 Å². The maximum absolute atomic E-state index is 13.4. The molecule has 1 heterocycles. The van der Waals surface area contributed by atoms with Gasteiger partial charge in [0, 0.05) is 26.2 Å². The zero-order valence-corrected chi connectivity index (χ0v) is 15.2. The van der Waals surface area contributed by atoms with Crippen LogP contribution in [-0.4, -0.2) is 36.6 Å². The molecule has 0 bridgehead atoms. The number of carbonyl (C=O) groups is 2. The fraction of sp³-hybridized carbons (Fsp3) is 0.300. The Morgan fingerprint density at radius 1 is 1.15 bits per heavy atom. The fourth-order valence-corrected chi connectivity index (χ4v) is 3.15. The van der Waals surface area contributed by atoms with Crippen LogP contribution in [0.25, 0.3) is 0 Å². The summed E-state index contributed by atoms with van der Waals surface area (Å²) in [6, 6.07) is 13.0. The molecule has 0 unspecified atom stereocenters. The zero-order chi connectivity index (χ0) is 19.2. The van der Waals surface area contributed by atoms with Crippen LogP contribution in [0.4, 0.5) is 25.4 Å². The lowest BCUT2D eigenvalue weighted by atomic mass is 10.1. The Hall–Kier alpha value is -3.09. The minimum atomic E-state index is -0.315. The van der Waals surface area contributed by atoms with Crippen molar-refractivity contribution in [3.8, 4) is 0 Å². The summed E-state index contributed by atoms with van der Waals surface area (Å²) in [7, 11) is 0. The minimum absolute atomic E-state index is 0.157. The molecule has 1 aliphatic heterocycles. The molecule has 0 radical (unpaired) electrons. The predicted octanol–water partition coefficient (Wildman–Crippen LogP) is 3.80. The Balaban J connectivity index is 1.79. The molecule has 0 spiro atoms. The maximum Gasteiger partial charge on any atom is 0.324 e. The molecule has 2 aromatic carbocycles. The zero-order valence-electron chi connectivity index (χ0n) is 15.2. The first kappa shape index (κ1) is 18.7. The van der Waals surface area contributed by atoms with Crippen molar-refractivity contribution in [3.63, 3.8) is 0 Å². The van der Waals surface area contributed by atoms with Crippen molar-refractivity contribution in [2.75, 3.05) is 29.9 Å². The van der Waals surface area contributed by atoms with Gasteiger partial charge in [-0.15, -0.1) is 0 Å². The molecule has 7 heteroatoms. The number of rotatable bonds is 5. The van der Waals surface area contributed by atoms with Gasteiger partial charge in [0.2, 0.25) is 0 Å². The molecule has 3 rings (SSSR count). The number of hydrogen-bond acceptors (Lipinski definition) is 2. The van der Waals surface area contributed by atoms with Crippen molar-refractivity contribution < 1.29 is 14.0 Å². The molecule has 2 aromatic rings. The van der Waals surface area contributed by atoms with E-state index < -0.39 is 0 Å². The Morgan fingerprint density at radius 2 is 1.96 bits per heavy atom. The number of nitrogens with one attached hydrogen (secondary N) is 2. The number of benzene rings is 2. The highest BCUT2D eigenvalue weighted by Crippen LogP contribution is 2.29.